The SMILES string of the molecule is CCCc1nc(C)cn1CCC. The molecule has 0 aliphatic heterocycles. The molecule has 1 heterocycles. The van der Waals surface area contributed by atoms with Crippen molar-refractivity contribution < 1.29 is 0 Å². The molecule has 0 radical (unpaired) electrons. The number of rotatable bonds is 4. The normalized spacial score (nSPS) is 10.6. The van der Waals surface area contributed by atoms with Crippen molar-refractivity contribution in [1.29, 1.82) is 0 Å². The van der Waals surface area contributed by atoms with Gasteiger partial charge in [0.1, 0.15) is 5.82 Å². The molecule has 68 valence electrons. The lowest BCUT2D eigenvalue weighted by Gasteiger charge is -2.03. The van der Waals surface area contributed by atoms with Gasteiger partial charge in [0.2, 0.25) is 0 Å². The zero-order valence-corrected chi connectivity index (χ0v) is 8.30. The number of hydrogen-bond donors (Lipinski definition) is 0. The third kappa shape index (κ3) is 2.10. The van der Waals surface area contributed by atoms with Crippen molar-refractivity contribution in [2.75, 3.05) is 0 Å². The summed E-state index contributed by atoms with van der Waals surface area (Å²) in [5.41, 5.74) is 1.15. The van der Waals surface area contributed by atoms with Gasteiger partial charge in [0.25, 0.3) is 0 Å². The van der Waals surface area contributed by atoms with E-state index in [1.54, 1.807) is 0 Å². The molecule has 1 aromatic rings. The minimum Gasteiger partial charge on any atom is -0.335 e. The Labute approximate surface area is 74.6 Å². The molecule has 0 fully saturated rings. The highest BCUT2D eigenvalue weighted by molar-refractivity contribution is 5.02. The van der Waals surface area contributed by atoms with E-state index in [2.05, 4.69) is 36.5 Å². The zero-order valence-electron chi connectivity index (χ0n) is 8.30. The van der Waals surface area contributed by atoms with Crippen LogP contribution in [0.25, 0.3) is 0 Å². The van der Waals surface area contributed by atoms with Crippen molar-refractivity contribution in [3.8, 4) is 0 Å². The fraction of sp³-hybridized carbons (Fsp3) is 0.700. The minimum absolute atomic E-state index is 1.10. The Kier molecular flexibility index (Phi) is 3.32. The van der Waals surface area contributed by atoms with Crippen LogP contribution in [0.5, 0.6) is 0 Å². The molecule has 0 N–H and O–H groups in total. The predicted octanol–water partition coefficient (Wildman–Crippen LogP) is 2.55. The van der Waals surface area contributed by atoms with E-state index < -0.39 is 0 Å². The molecule has 12 heavy (non-hydrogen) atoms. The van der Waals surface area contributed by atoms with Gasteiger partial charge < -0.3 is 4.57 Å². The molecule has 0 spiro atoms. The molecule has 0 aliphatic rings. The molecule has 1 rings (SSSR count). The molecule has 0 saturated carbocycles. The molecule has 0 amide bonds. The number of nitrogens with zero attached hydrogens (tertiary/aromatic N) is 2. The minimum atomic E-state index is 1.10. The molecule has 0 saturated heterocycles. The van der Waals surface area contributed by atoms with Gasteiger partial charge in [-0.2, -0.15) is 0 Å². The van der Waals surface area contributed by atoms with Crippen LogP contribution < -0.4 is 0 Å². The van der Waals surface area contributed by atoms with E-state index in [1.807, 2.05) is 0 Å². The van der Waals surface area contributed by atoms with Gasteiger partial charge in [-0.05, 0) is 19.8 Å². The van der Waals surface area contributed by atoms with Gasteiger partial charge in [-0.25, -0.2) is 4.98 Å². The summed E-state index contributed by atoms with van der Waals surface area (Å²) in [5.74, 6) is 1.25. The van der Waals surface area contributed by atoms with Crippen LogP contribution in [0.15, 0.2) is 6.20 Å². The van der Waals surface area contributed by atoms with Crippen molar-refractivity contribution in [2.45, 2.75) is 46.6 Å². The molecule has 1 aromatic heterocycles. The predicted molar refractivity (Wildman–Crippen MR) is 51.3 cm³/mol. The fourth-order valence-corrected chi connectivity index (χ4v) is 1.45. The second kappa shape index (κ2) is 4.29. The maximum Gasteiger partial charge on any atom is 0.108 e. The van der Waals surface area contributed by atoms with E-state index in [0.29, 0.717) is 0 Å². The van der Waals surface area contributed by atoms with Crippen LogP contribution in [0.1, 0.15) is 38.2 Å². The van der Waals surface area contributed by atoms with Crippen LogP contribution >= 0.6 is 0 Å². The summed E-state index contributed by atoms with van der Waals surface area (Å²) in [6, 6.07) is 0. The van der Waals surface area contributed by atoms with Crippen LogP contribution in [0.3, 0.4) is 0 Å². The van der Waals surface area contributed by atoms with Gasteiger partial charge in [-0.3, -0.25) is 0 Å². The van der Waals surface area contributed by atoms with E-state index in [0.717, 1.165) is 18.7 Å². The maximum atomic E-state index is 4.48. The lowest BCUT2D eigenvalue weighted by Crippen LogP contribution is -2.01. The molecule has 0 bridgehead atoms. The summed E-state index contributed by atoms with van der Waals surface area (Å²) in [7, 11) is 0. The largest absolute Gasteiger partial charge is 0.335 e. The first-order valence-corrected chi connectivity index (χ1v) is 4.80. The Hall–Kier alpha value is -0.790. The topological polar surface area (TPSA) is 17.8 Å². The van der Waals surface area contributed by atoms with Crippen molar-refractivity contribution in [3.05, 3.63) is 17.7 Å². The molecule has 0 aliphatic carbocycles. The van der Waals surface area contributed by atoms with Gasteiger partial charge in [0.15, 0.2) is 0 Å². The van der Waals surface area contributed by atoms with E-state index in [-0.39, 0.29) is 0 Å². The lowest BCUT2D eigenvalue weighted by molar-refractivity contribution is 0.630. The molecular weight excluding hydrogens is 148 g/mol. The Morgan fingerprint density at radius 1 is 1.33 bits per heavy atom. The van der Waals surface area contributed by atoms with Crippen LogP contribution in [-0.2, 0) is 13.0 Å². The van der Waals surface area contributed by atoms with Crippen molar-refractivity contribution in [1.82, 2.24) is 9.55 Å². The number of aromatic nitrogens is 2. The second-order valence-electron chi connectivity index (χ2n) is 3.24. The Morgan fingerprint density at radius 2 is 2.08 bits per heavy atom. The van der Waals surface area contributed by atoms with Gasteiger partial charge in [0.05, 0.1) is 5.69 Å². The van der Waals surface area contributed by atoms with Gasteiger partial charge >= 0.3 is 0 Å². The van der Waals surface area contributed by atoms with Gasteiger partial charge in [-0.1, -0.05) is 13.8 Å². The molecule has 2 heteroatoms. The summed E-state index contributed by atoms with van der Waals surface area (Å²) in [6.45, 7) is 7.56. The van der Waals surface area contributed by atoms with Crippen LogP contribution in [-0.4, -0.2) is 9.55 Å². The molecule has 0 aromatic carbocycles. The summed E-state index contributed by atoms with van der Waals surface area (Å²) in [6.07, 6.45) is 5.62. The maximum absolute atomic E-state index is 4.48. The lowest BCUT2D eigenvalue weighted by atomic mass is 10.3. The van der Waals surface area contributed by atoms with Crippen LogP contribution in [0.2, 0.25) is 0 Å². The van der Waals surface area contributed by atoms with Gasteiger partial charge in [-0.15, -0.1) is 0 Å². The smallest absolute Gasteiger partial charge is 0.108 e. The average molecular weight is 166 g/mol. The third-order valence-electron chi connectivity index (χ3n) is 1.92. The van der Waals surface area contributed by atoms with E-state index in [4.69, 9.17) is 0 Å². The number of imidazole rings is 1. The summed E-state index contributed by atoms with van der Waals surface area (Å²) in [5, 5.41) is 0. The van der Waals surface area contributed by atoms with Crippen molar-refractivity contribution >= 4 is 0 Å². The van der Waals surface area contributed by atoms with Crippen LogP contribution in [0.4, 0.5) is 0 Å². The molecular formula is C10H18N2. The highest BCUT2D eigenvalue weighted by Gasteiger charge is 2.02. The van der Waals surface area contributed by atoms with Crippen molar-refractivity contribution in [3.63, 3.8) is 0 Å². The Balaban J connectivity index is 2.76. The van der Waals surface area contributed by atoms with E-state index in [1.165, 1.54) is 18.7 Å². The third-order valence-corrected chi connectivity index (χ3v) is 1.92. The van der Waals surface area contributed by atoms with Gasteiger partial charge in [0, 0.05) is 19.2 Å². The summed E-state index contributed by atoms with van der Waals surface area (Å²) in [4.78, 5) is 4.48. The highest BCUT2D eigenvalue weighted by atomic mass is 15.1. The number of hydrogen-bond acceptors (Lipinski definition) is 1. The van der Waals surface area contributed by atoms with Crippen molar-refractivity contribution in [2.24, 2.45) is 0 Å². The summed E-state index contributed by atoms with van der Waals surface area (Å²) < 4.78 is 2.28. The Bertz CT molecular complexity index is 214. The first-order valence-electron chi connectivity index (χ1n) is 4.80. The second-order valence-corrected chi connectivity index (χ2v) is 3.24. The highest BCUT2D eigenvalue weighted by Crippen LogP contribution is 2.05. The van der Waals surface area contributed by atoms with Crippen LogP contribution in [0, 0.1) is 6.92 Å². The Morgan fingerprint density at radius 3 is 2.67 bits per heavy atom. The first-order chi connectivity index (χ1) is 5.77. The zero-order chi connectivity index (χ0) is 8.97. The molecule has 0 unspecified atom stereocenters. The van der Waals surface area contributed by atoms with E-state index in [9.17, 15) is 0 Å². The molecule has 0 atom stereocenters. The summed E-state index contributed by atoms with van der Waals surface area (Å²) >= 11 is 0. The number of aryl methyl sites for hydroxylation is 3. The monoisotopic (exact) mass is 166 g/mol. The first kappa shape index (κ1) is 9.30. The fourth-order valence-electron chi connectivity index (χ4n) is 1.45. The quantitative estimate of drug-likeness (QED) is 0.672. The standard InChI is InChI=1S/C10H18N2/c1-4-6-10-11-9(3)8-12(10)7-5-2/h8H,4-7H2,1-3H3. The average Bonchev–Trinajstić information content (AvgIpc) is 2.33. The van der Waals surface area contributed by atoms with E-state index >= 15 is 0 Å². The molecule has 2 nitrogen and oxygen atoms in total.